The number of para-hydroxylation sites is 2. The van der Waals surface area contributed by atoms with Crippen molar-refractivity contribution in [2.45, 2.75) is 32.1 Å². The van der Waals surface area contributed by atoms with Gasteiger partial charge in [0, 0.05) is 12.6 Å². The molecule has 0 radical (unpaired) electrons. The normalized spacial score (nSPS) is 16.7. The Labute approximate surface area is 101 Å². The van der Waals surface area contributed by atoms with E-state index in [1.807, 2.05) is 6.07 Å². The molecule has 4 heteroatoms. The van der Waals surface area contributed by atoms with Gasteiger partial charge >= 0.3 is 0 Å². The summed E-state index contributed by atoms with van der Waals surface area (Å²) in [5.74, 6) is 0.670. The molecule has 1 aromatic rings. The van der Waals surface area contributed by atoms with Gasteiger partial charge in [0.25, 0.3) is 5.69 Å². The second kappa shape index (κ2) is 5.66. The van der Waals surface area contributed by atoms with Crippen molar-refractivity contribution in [3.8, 4) is 0 Å². The molecule has 17 heavy (non-hydrogen) atoms. The van der Waals surface area contributed by atoms with Gasteiger partial charge < -0.3 is 5.32 Å². The van der Waals surface area contributed by atoms with Gasteiger partial charge in [0.1, 0.15) is 5.69 Å². The third kappa shape index (κ3) is 3.19. The zero-order valence-electron chi connectivity index (χ0n) is 9.89. The average Bonchev–Trinajstić information content (AvgIpc) is 2.38. The van der Waals surface area contributed by atoms with E-state index in [-0.39, 0.29) is 10.6 Å². The van der Waals surface area contributed by atoms with Crippen LogP contribution in [0.1, 0.15) is 32.1 Å². The molecule has 4 nitrogen and oxygen atoms in total. The number of anilines is 1. The van der Waals surface area contributed by atoms with Crippen LogP contribution < -0.4 is 5.32 Å². The number of nitrogens with zero attached hydrogens (tertiary/aromatic N) is 1. The molecular weight excluding hydrogens is 216 g/mol. The van der Waals surface area contributed by atoms with Gasteiger partial charge in [0.05, 0.1) is 4.92 Å². The van der Waals surface area contributed by atoms with Crippen molar-refractivity contribution in [2.75, 3.05) is 11.9 Å². The van der Waals surface area contributed by atoms with Crippen LogP contribution in [-0.4, -0.2) is 11.5 Å². The molecule has 1 N–H and O–H groups in total. The summed E-state index contributed by atoms with van der Waals surface area (Å²) >= 11 is 0. The highest BCUT2D eigenvalue weighted by atomic mass is 16.6. The molecule has 1 aromatic carbocycles. The van der Waals surface area contributed by atoms with E-state index in [9.17, 15) is 10.1 Å². The highest BCUT2D eigenvalue weighted by Gasteiger charge is 2.16. The first-order chi connectivity index (χ1) is 8.27. The third-order valence-electron chi connectivity index (χ3n) is 3.41. The Balaban J connectivity index is 1.96. The fraction of sp³-hybridized carbons (Fsp3) is 0.538. The van der Waals surface area contributed by atoms with Crippen LogP contribution in [0.2, 0.25) is 0 Å². The van der Waals surface area contributed by atoms with Crippen LogP contribution in [0.15, 0.2) is 24.3 Å². The molecular formula is C13H18N2O2. The number of hydrogen-bond acceptors (Lipinski definition) is 3. The van der Waals surface area contributed by atoms with Crippen LogP contribution in [0, 0.1) is 16.0 Å². The third-order valence-corrected chi connectivity index (χ3v) is 3.41. The number of nitro benzene ring substituents is 1. The SMILES string of the molecule is O=[N+]([O-])c1ccccc1NCC1CCCCC1. The maximum Gasteiger partial charge on any atom is 0.292 e. The van der Waals surface area contributed by atoms with Crippen molar-refractivity contribution in [1.82, 2.24) is 0 Å². The van der Waals surface area contributed by atoms with Crippen LogP contribution in [0.5, 0.6) is 0 Å². The molecule has 1 fully saturated rings. The van der Waals surface area contributed by atoms with Crippen LogP contribution in [0.4, 0.5) is 11.4 Å². The Kier molecular flexibility index (Phi) is 3.96. The molecule has 0 saturated heterocycles. The fourth-order valence-corrected chi connectivity index (χ4v) is 2.43. The number of rotatable bonds is 4. The maximum absolute atomic E-state index is 10.8. The molecule has 0 unspecified atom stereocenters. The first-order valence-corrected chi connectivity index (χ1v) is 6.24. The Morgan fingerprint density at radius 2 is 1.94 bits per heavy atom. The first kappa shape index (κ1) is 11.9. The van der Waals surface area contributed by atoms with Crippen molar-refractivity contribution in [3.05, 3.63) is 34.4 Å². The Morgan fingerprint density at radius 1 is 1.24 bits per heavy atom. The van der Waals surface area contributed by atoms with Gasteiger partial charge in [-0.15, -0.1) is 0 Å². The van der Waals surface area contributed by atoms with Crippen LogP contribution >= 0.6 is 0 Å². The van der Waals surface area contributed by atoms with Crippen molar-refractivity contribution in [1.29, 1.82) is 0 Å². The monoisotopic (exact) mass is 234 g/mol. The molecule has 92 valence electrons. The summed E-state index contributed by atoms with van der Waals surface area (Å²) in [7, 11) is 0. The van der Waals surface area contributed by atoms with Crippen molar-refractivity contribution in [2.24, 2.45) is 5.92 Å². The quantitative estimate of drug-likeness (QED) is 0.639. The lowest BCUT2D eigenvalue weighted by Crippen LogP contribution is -2.17. The first-order valence-electron chi connectivity index (χ1n) is 6.24. The Morgan fingerprint density at radius 3 is 2.65 bits per heavy atom. The number of nitro groups is 1. The van der Waals surface area contributed by atoms with Crippen molar-refractivity contribution < 1.29 is 4.92 Å². The van der Waals surface area contributed by atoms with E-state index in [1.165, 1.54) is 32.1 Å². The Bertz CT molecular complexity index is 387. The second-order valence-corrected chi connectivity index (χ2v) is 4.66. The molecule has 1 aliphatic carbocycles. The summed E-state index contributed by atoms with van der Waals surface area (Å²) in [5.41, 5.74) is 0.811. The van der Waals surface area contributed by atoms with Gasteiger partial charge in [0.2, 0.25) is 0 Å². The predicted molar refractivity (Wildman–Crippen MR) is 68.2 cm³/mol. The van der Waals surface area contributed by atoms with Gasteiger partial charge in [-0.05, 0) is 24.8 Å². The summed E-state index contributed by atoms with van der Waals surface area (Å²) < 4.78 is 0. The summed E-state index contributed by atoms with van der Waals surface area (Å²) in [4.78, 5) is 10.5. The van der Waals surface area contributed by atoms with Gasteiger partial charge in [0.15, 0.2) is 0 Å². The molecule has 0 amide bonds. The van der Waals surface area contributed by atoms with Crippen LogP contribution in [0.3, 0.4) is 0 Å². The van der Waals surface area contributed by atoms with E-state index in [4.69, 9.17) is 0 Å². The maximum atomic E-state index is 10.8. The van der Waals surface area contributed by atoms with Gasteiger partial charge in [-0.25, -0.2) is 0 Å². The molecule has 0 bridgehead atoms. The Hall–Kier alpha value is -1.58. The van der Waals surface area contributed by atoms with Crippen LogP contribution in [-0.2, 0) is 0 Å². The minimum absolute atomic E-state index is 0.170. The lowest BCUT2D eigenvalue weighted by atomic mass is 9.89. The largest absolute Gasteiger partial charge is 0.379 e. The van der Waals surface area contributed by atoms with Gasteiger partial charge in [-0.2, -0.15) is 0 Å². The highest BCUT2D eigenvalue weighted by molar-refractivity contribution is 5.61. The second-order valence-electron chi connectivity index (χ2n) is 4.66. The standard InChI is InChI=1S/C13H18N2O2/c16-15(17)13-9-5-4-8-12(13)14-10-11-6-2-1-3-7-11/h4-5,8-9,11,14H,1-3,6-7,10H2. The minimum atomic E-state index is -0.330. The van der Waals surface area contributed by atoms with E-state index in [2.05, 4.69) is 5.32 Å². The molecule has 1 saturated carbocycles. The summed E-state index contributed by atoms with van der Waals surface area (Å²) in [6, 6.07) is 6.85. The van der Waals surface area contributed by atoms with E-state index >= 15 is 0 Å². The van der Waals surface area contributed by atoms with E-state index in [0.717, 1.165) is 6.54 Å². The van der Waals surface area contributed by atoms with Gasteiger partial charge in [-0.1, -0.05) is 31.4 Å². The molecule has 0 aromatic heterocycles. The van der Waals surface area contributed by atoms with E-state index in [0.29, 0.717) is 11.6 Å². The van der Waals surface area contributed by atoms with E-state index in [1.54, 1.807) is 18.2 Å². The smallest absolute Gasteiger partial charge is 0.292 e. The molecule has 0 heterocycles. The average molecular weight is 234 g/mol. The van der Waals surface area contributed by atoms with E-state index < -0.39 is 0 Å². The lowest BCUT2D eigenvalue weighted by Gasteiger charge is -2.22. The molecule has 0 atom stereocenters. The van der Waals surface area contributed by atoms with Crippen molar-refractivity contribution in [3.63, 3.8) is 0 Å². The molecule has 0 spiro atoms. The topological polar surface area (TPSA) is 55.2 Å². The zero-order chi connectivity index (χ0) is 12.1. The number of hydrogen-bond donors (Lipinski definition) is 1. The molecule has 2 rings (SSSR count). The van der Waals surface area contributed by atoms with Gasteiger partial charge in [-0.3, -0.25) is 10.1 Å². The number of nitrogens with one attached hydrogen (secondary N) is 1. The highest BCUT2D eigenvalue weighted by Crippen LogP contribution is 2.27. The van der Waals surface area contributed by atoms with Crippen molar-refractivity contribution >= 4 is 11.4 Å². The van der Waals surface area contributed by atoms with Crippen LogP contribution in [0.25, 0.3) is 0 Å². The minimum Gasteiger partial charge on any atom is -0.379 e. The summed E-state index contributed by atoms with van der Waals surface area (Å²) in [6.45, 7) is 0.852. The molecule has 0 aliphatic heterocycles. The lowest BCUT2D eigenvalue weighted by molar-refractivity contribution is -0.384. The summed E-state index contributed by atoms with van der Waals surface area (Å²) in [6.07, 6.45) is 6.41. The predicted octanol–water partition coefficient (Wildman–Crippen LogP) is 3.59. The molecule has 1 aliphatic rings. The fourth-order valence-electron chi connectivity index (χ4n) is 2.43. The number of benzene rings is 1. The zero-order valence-corrected chi connectivity index (χ0v) is 9.89. The summed E-state index contributed by atoms with van der Waals surface area (Å²) in [5, 5.41) is 14.1.